The molecule has 2 heterocycles. The number of halogens is 1. The minimum absolute atomic E-state index is 0.206. The summed E-state index contributed by atoms with van der Waals surface area (Å²) in [4.78, 5) is 31.8. The Morgan fingerprint density at radius 2 is 2.00 bits per heavy atom. The van der Waals surface area contributed by atoms with Crippen molar-refractivity contribution in [3.8, 4) is 11.5 Å². The van der Waals surface area contributed by atoms with Crippen LogP contribution in [0.25, 0.3) is 6.08 Å². The zero-order valence-electron chi connectivity index (χ0n) is 20.1. The lowest BCUT2D eigenvalue weighted by Gasteiger charge is -2.24. The molecule has 4 rings (SSSR count). The topological polar surface area (TPSA) is 79.1 Å². The molecule has 3 aromatic rings. The summed E-state index contributed by atoms with van der Waals surface area (Å²) in [7, 11) is 1.58. The van der Waals surface area contributed by atoms with Crippen molar-refractivity contribution in [1.29, 1.82) is 0 Å². The van der Waals surface area contributed by atoms with Gasteiger partial charge in [-0.15, -0.1) is 0 Å². The number of nitrogens with zero attached hydrogens (tertiary/aromatic N) is 2. The van der Waals surface area contributed by atoms with E-state index < -0.39 is 12.0 Å². The van der Waals surface area contributed by atoms with E-state index in [1.54, 1.807) is 63.4 Å². The molecule has 1 aromatic heterocycles. The Hall–Kier alpha value is -3.62. The number of carbonyl (C=O) groups is 1. The van der Waals surface area contributed by atoms with Gasteiger partial charge in [-0.05, 0) is 55.8 Å². The van der Waals surface area contributed by atoms with Crippen LogP contribution in [0.1, 0.15) is 31.0 Å². The van der Waals surface area contributed by atoms with Crippen LogP contribution in [0, 0.1) is 0 Å². The van der Waals surface area contributed by atoms with Crippen molar-refractivity contribution in [3.63, 3.8) is 0 Å². The summed E-state index contributed by atoms with van der Waals surface area (Å²) in [5, 5.41) is 0.511. The molecule has 1 aliphatic rings. The van der Waals surface area contributed by atoms with Crippen LogP contribution in [0.15, 0.2) is 76.2 Å². The summed E-state index contributed by atoms with van der Waals surface area (Å²) >= 11 is 7.46. The number of aromatic nitrogens is 1. The lowest BCUT2D eigenvalue weighted by molar-refractivity contribution is -0.139. The van der Waals surface area contributed by atoms with Crippen LogP contribution in [0.5, 0.6) is 11.5 Å². The van der Waals surface area contributed by atoms with E-state index in [2.05, 4.69) is 11.6 Å². The number of fused-ring (bicyclic) bond motifs is 1. The van der Waals surface area contributed by atoms with E-state index in [0.29, 0.717) is 49.3 Å². The third kappa shape index (κ3) is 5.01. The average molecular weight is 525 g/mol. The first-order chi connectivity index (χ1) is 17.4. The Balaban J connectivity index is 1.93. The zero-order chi connectivity index (χ0) is 25.8. The molecule has 7 nitrogen and oxygen atoms in total. The number of methoxy groups -OCH3 is 1. The number of esters is 1. The molecular formula is C27H25ClN2O5S. The predicted octanol–water partition coefficient (Wildman–Crippen LogP) is 4.03. The molecule has 0 saturated carbocycles. The van der Waals surface area contributed by atoms with Crippen LogP contribution in [0.3, 0.4) is 0 Å². The molecular weight excluding hydrogens is 500 g/mol. The summed E-state index contributed by atoms with van der Waals surface area (Å²) in [5.41, 5.74) is 1.91. The summed E-state index contributed by atoms with van der Waals surface area (Å²) in [6.07, 6.45) is 3.36. The molecule has 0 radical (unpaired) electrons. The summed E-state index contributed by atoms with van der Waals surface area (Å²) in [6, 6.07) is 11.7. The van der Waals surface area contributed by atoms with Crippen LogP contribution in [0.4, 0.5) is 0 Å². The van der Waals surface area contributed by atoms with Crippen LogP contribution in [-0.4, -0.2) is 30.9 Å². The maximum atomic E-state index is 13.8. The van der Waals surface area contributed by atoms with E-state index >= 15 is 0 Å². The van der Waals surface area contributed by atoms with Crippen molar-refractivity contribution in [1.82, 2.24) is 4.57 Å². The van der Waals surface area contributed by atoms with E-state index in [1.807, 2.05) is 12.1 Å². The van der Waals surface area contributed by atoms with E-state index in [1.165, 1.54) is 15.9 Å². The molecule has 1 aliphatic heterocycles. The molecule has 0 N–H and O–H groups in total. The lowest BCUT2D eigenvalue weighted by atomic mass is 9.96. The van der Waals surface area contributed by atoms with Gasteiger partial charge in [0.15, 0.2) is 4.80 Å². The Labute approximate surface area is 217 Å². The monoisotopic (exact) mass is 524 g/mol. The highest BCUT2D eigenvalue weighted by Gasteiger charge is 2.33. The van der Waals surface area contributed by atoms with Gasteiger partial charge in [0.25, 0.3) is 5.56 Å². The minimum atomic E-state index is -0.704. The van der Waals surface area contributed by atoms with Gasteiger partial charge in [-0.25, -0.2) is 9.79 Å². The van der Waals surface area contributed by atoms with Gasteiger partial charge in [0.1, 0.15) is 18.1 Å². The molecule has 186 valence electrons. The van der Waals surface area contributed by atoms with Gasteiger partial charge in [-0.1, -0.05) is 47.7 Å². The molecule has 0 aliphatic carbocycles. The van der Waals surface area contributed by atoms with Crippen LogP contribution >= 0.6 is 22.9 Å². The van der Waals surface area contributed by atoms with Crippen molar-refractivity contribution >= 4 is 35.0 Å². The molecule has 36 heavy (non-hydrogen) atoms. The minimum Gasteiger partial charge on any atom is -0.497 e. The highest BCUT2D eigenvalue weighted by Crippen LogP contribution is 2.31. The van der Waals surface area contributed by atoms with Gasteiger partial charge in [0, 0.05) is 10.6 Å². The van der Waals surface area contributed by atoms with Crippen molar-refractivity contribution in [2.24, 2.45) is 4.99 Å². The van der Waals surface area contributed by atoms with E-state index in [4.69, 9.17) is 25.8 Å². The van der Waals surface area contributed by atoms with Crippen LogP contribution < -0.4 is 24.4 Å². The third-order valence-electron chi connectivity index (χ3n) is 5.56. The summed E-state index contributed by atoms with van der Waals surface area (Å²) < 4.78 is 18.3. The molecule has 1 atom stereocenters. The number of carbonyl (C=O) groups excluding carboxylic acids is 1. The Morgan fingerprint density at radius 3 is 2.67 bits per heavy atom. The predicted molar refractivity (Wildman–Crippen MR) is 141 cm³/mol. The van der Waals surface area contributed by atoms with Gasteiger partial charge < -0.3 is 14.2 Å². The number of ether oxygens (including phenoxy) is 3. The summed E-state index contributed by atoms with van der Waals surface area (Å²) in [6.45, 7) is 7.68. The smallest absolute Gasteiger partial charge is 0.338 e. The molecule has 0 spiro atoms. The first-order valence-electron chi connectivity index (χ1n) is 11.2. The molecule has 2 aromatic carbocycles. The first-order valence-corrected chi connectivity index (χ1v) is 12.4. The van der Waals surface area contributed by atoms with Crippen molar-refractivity contribution in [2.75, 3.05) is 20.3 Å². The van der Waals surface area contributed by atoms with E-state index in [9.17, 15) is 9.59 Å². The highest BCUT2D eigenvalue weighted by atomic mass is 35.5. The quantitative estimate of drug-likeness (QED) is 0.328. The maximum absolute atomic E-state index is 13.8. The fraction of sp³-hybridized carbons (Fsp3) is 0.222. The van der Waals surface area contributed by atoms with E-state index in [0.717, 1.165) is 5.56 Å². The Morgan fingerprint density at radius 1 is 1.25 bits per heavy atom. The number of hydrogen-bond donors (Lipinski definition) is 0. The van der Waals surface area contributed by atoms with Crippen molar-refractivity contribution in [2.45, 2.75) is 19.9 Å². The first kappa shape index (κ1) is 25.5. The molecule has 0 fully saturated rings. The molecule has 0 unspecified atom stereocenters. The van der Waals surface area contributed by atoms with Gasteiger partial charge in [-0.3, -0.25) is 9.36 Å². The fourth-order valence-electron chi connectivity index (χ4n) is 3.95. The summed E-state index contributed by atoms with van der Waals surface area (Å²) in [5.74, 6) is 0.724. The zero-order valence-corrected chi connectivity index (χ0v) is 21.7. The lowest BCUT2D eigenvalue weighted by Crippen LogP contribution is -2.39. The van der Waals surface area contributed by atoms with Crippen molar-refractivity contribution in [3.05, 3.63) is 102 Å². The number of rotatable bonds is 8. The Kier molecular flexibility index (Phi) is 7.76. The Bertz CT molecular complexity index is 1520. The standard InChI is InChI=1S/C27H25ClN2O5S/c1-5-13-35-21-12-9-19(28)14-18(21)15-22-25(31)30-24(17-7-10-20(33-4)11-8-17)23(26(32)34-6-2)16(3)29-27(30)36-22/h5,7-12,14-15,24H,1,6,13H2,2-4H3/b22-15-/t24-/m1/s1. The second-order valence-corrected chi connectivity index (χ2v) is 9.30. The number of thiazole rings is 1. The molecule has 9 heteroatoms. The normalized spacial score (nSPS) is 15.2. The SMILES string of the molecule is C=CCOc1ccc(Cl)cc1/C=c1\sc2n(c1=O)[C@H](c1ccc(OC)cc1)C(C(=O)OCC)=C(C)N=2. The number of hydrogen-bond acceptors (Lipinski definition) is 7. The molecule has 0 saturated heterocycles. The van der Waals surface area contributed by atoms with Gasteiger partial charge in [0.2, 0.25) is 0 Å². The second-order valence-electron chi connectivity index (χ2n) is 7.86. The largest absolute Gasteiger partial charge is 0.497 e. The third-order valence-corrected chi connectivity index (χ3v) is 6.78. The van der Waals surface area contributed by atoms with Crippen molar-refractivity contribution < 1.29 is 19.0 Å². The van der Waals surface area contributed by atoms with Crippen LogP contribution in [0.2, 0.25) is 5.02 Å². The van der Waals surface area contributed by atoms with Gasteiger partial charge in [-0.2, -0.15) is 0 Å². The number of allylic oxidation sites excluding steroid dienone is 1. The fourth-order valence-corrected chi connectivity index (χ4v) is 5.16. The maximum Gasteiger partial charge on any atom is 0.338 e. The highest BCUT2D eigenvalue weighted by molar-refractivity contribution is 7.07. The van der Waals surface area contributed by atoms with Crippen LogP contribution in [-0.2, 0) is 9.53 Å². The van der Waals surface area contributed by atoms with E-state index in [-0.39, 0.29) is 12.2 Å². The molecule has 0 amide bonds. The molecule has 0 bridgehead atoms. The average Bonchev–Trinajstić information content (AvgIpc) is 3.17. The van der Waals surface area contributed by atoms with Gasteiger partial charge >= 0.3 is 5.97 Å². The van der Waals surface area contributed by atoms with Gasteiger partial charge in [0.05, 0.1) is 35.6 Å². The number of benzene rings is 2. The second kappa shape index (κ2) is 11.0.